The highest BCUT2D eigenvalue weighted by Gasteiger charge is 2.30. The molecule has 2 atom stereocenters. The van der Waals surface area contributed by atoms with E-state index in [1.807, 2.05) is 6.07 Å². The Labute approximate surface area is 102 Å². The Morgan fingerprint density at radius 1 is 1.53 bits per heavy atom. The lowest BCUT2D eigenvalue weighted by atomic mass is 9.95. The number of hydrogen-bond donors (Lipinski definition) is 1. The van der Waals surface area contributed by atoms with Crippen molar-refractivity contribution in [1.82, 2.24) is 4.57 Å². The van der Waals surface area contributed by atoms with Gasteiger partial charge in [0, 0.05) is 17.8 Å². The topological polar surface area (TPSA) is 42.2 Å². The van der Waals surface area contributed by atoms with Crippen molar-refractivity contribution in [2.75, 3.05) is 0 Å². The standard InChI is InChI=1S/C14H21NO2/c1-8(2)12-6-11(10(4)16)14-13(17)5-9(3)7-15(12)14/h6,8-9,13,17H,5,7H2,1-4H3. The highest BCUT2D eigenvalue weighted by Crippen LogP contribution is 2.36. The van der Waals surface area contributed by atoms with E-state index in [1.165, 1.54) is 0 Å². The third-order valence-electron chi connectivity index (χ3n) is 3.58. The summed E-state index contributed by atoms with van der Waals surface area (Å²) in [6, 6.07) is 1.96. The Balaban J connectivity index is 2.60. The number of aliphatic hydroxyl groups is 1. The first-order valence-electron chi connectivity index (χ1n) is 6.34. The molecule has 0 bridgehead atoms. The van der Waals surface area contributed by atoms with Crippen molar-refractivity contribution in [2.45, 2.75) is 52.7 Å². The average Bonchev–Trinajstić information content (AvgIpc) is 2.56. The molecule has 0 fully saturated rings. The molecule has 2 rings (SSSR count). The highest BCUT2D eigenvalue weighted by molar-refractivity contribution is 5.95. The zero-order valence-corrected chi connectivity index (χ0v) is 11.0. The molecule has 1 aliphatic rings. The van der Waals surface area contributed by atoms with Gasteiger partial charge in [-0.2, -0.15) is 0 Å². The first kappa shape index (κ1) is 12.4. The molecule has 2 heterocycles. The average molecular weight is 235 g/mol. The van der Waals surface area contributed by atoms with Crippen LogP contribution in [0.5, 0.6) is 0 Å². The van der Waals surface area contributed by atoms with Gasteiger partial charge in [-0.05, 0) is 31.2 Å². The van der Waals surface area contributed by atoms with Crippen molar-refractivity contribution in [2.24, 2.45) is 5.92 Å². The number of aliphatic hydroxyl groups excluding tert-OH is 1. The van der Waals surface area contributed by atoms with Gasteiger partial charge in [-0.25, -0.2) is 0 Å². The summed E-state index contributed by atoms with van der Waals surface area (Å²) in [6.07, 6.45) is 0.257. The van der Waals surface area contributed by atoms with E-state index in [9.17, 15) is 9.90 Å². The van der Waals surface area contributed by atoms with Crippen LogP contribution in [0.15, 0.2) is 6.07 Å². The molecule has 0 saturated carbocycles. The minimum Gasteiger partial charge on any atom is -0.387 e. The summed E-state index contributed by atoms with van der Waals surface area (Å²) in [5, 5.41) is 10.2. The van der Waals surface area contributed by atoms with E-state index < -0.39 is 6.10 Å². The van der Waals surface area contributed by atoms with E-state index >= 15 is 0 Å². The van der Waals surface area contributed by atoms with Crippen molar-refractivity contribution in [3.05, 3.63) is 23.0 Å². The maximum atomic E-state index is 11.7. The number of rotatable bonds is 2. The number of aromatic nitrogens is 1. The van der Waals surface area contributed by atoms with Crippen LogP contribution in [-0.4, -0.2) is 15.5 Å². The summed E-state index contributed by atoms with van der Waals surface area (Å²) in [6.45, 7) is 8.87. The van der Waals surface area contributed by atoms with Gasteiger partial charge < -0.3 is 9.67 Å². The van der Waals surface area contributed by atoms with Gasteiger partial charge in [-0.1, -0.05) is 20.8 Å². The first-order chi connectivity index (χ1) is 7.91. The molecule has 3 nitrogen and oxygen atoms in total. The third-order valence-corrected chi connectivity index (χ3v) is 3.58. The van der Waals surface area contributed by atoms with Crippen LogP contribution in [0.3, 0.4) is 0 Å². The van der Waals surface area contributed by atoms with Gasteiger partial charge in [-0.3, -0.25) is 4.79 Å². The van der Waals surface area contributed by atoms with Crippen LogP contribution in [0, 0.1) is 5.92 Å². The van der Waals surface area contributed by atoms with Crippen LogP contribution in [0.1, 0.15) is 67.9 Å². The molecule has 0 radical (unpaired) electrons. The Morgan fingerprint density at radius 2 is 2.18 bits per heavy atom. The Morgan fingerprint density at radius 3 is 2.71 bits per heavy atom. The minimum atomic E-state index is -0.495. The monoisotopic (exact) mass is 235 g/mol. The quantitative estimate of drug-likeness (QED) is 0.801. The lowest BCUT2D eigenvalue weighted by Crippen LogP contribution is -2.24. The van der Waals surface area contributed by atoms with E-state index in [2.05, 4.69) is 25.3 Å². The number of carbonyl (C=O) groups is 1. The van der Waals surface area contributed by atoms with Crippen LogP contribution >= 0.6 is 0 Å². The number of ketones is 1. The van der Waals surface area contributed by atoms with Crippen molar-refractivity contribution in [3.8, 4) is 0 Å². The fourth-order valence-electron chi connectivity index (χ4n) is 2.79. The second kappa shape index (κ2) is 4.30. The van der Waals surface area contributed by atoms with Crippen LogP contribution in [0.4, 0.5) is 0 Å². The van der Waals surface area contributed by atoms with Gasteiger partial charge in [0.15, 0.2) is 5.78 Å². The molecule has 1 aromatic heterocycles. The lowest BCUT2D eigenvalue weighted by Gasteiger charge is -2.29. The summed E-state index contributed by atoms with van der Waals surface area (Å²) in [5.41, 5.74) is 2.70. The smallest absolute Gasteiger partial charge is 0.161 e. The van der Waals surface area contributed by atoms with Gasteiger partial charge >= 0.3 is 0 Å². The van der Waals surface area contributed by atoms with Crippen molar-refractivity contribution >= 4 is 5.78 Å². The predicted octanol–water partition coefficient (Wildman–Crippen LogP) is 2.89. The maximum Gasteiger partial charge on any atom is 0.161 e. The van der Waals surface area contributed by atoms with E-state index in [4.69, 9.17) is 0 Å². The van der Waals surface area contributed by atoms with E-state index in [1.54, 1.807) is 6.92 Å². The Bertz CT molecular complexity index is 445. The van der Waals surface area contributed by atoms with Crippen molar-refractivity contribution in [3.63, 3.8) is 0 Å². The molecule has 0 saturated heterocycles. The molecule has 94 valence electrons. The second-order valence-corrected chi connectivity index (χ2v) is 5.55. The molecule has 3 heteroatoms. The van der Waals surface area contributed by atoms with E-state index in [0.717, 1.165) is 24.4 Å². The van der Waals surface area contributed by atoms with Crippen LogP contribution < -0.4 is 0 Å². The summed E-state index contributed by atoms with van der Waals surface area (Å²) in [7, 11) is 0. The van der Waals surface area contributed by atoms with Crippen molar-refractivity contribution < 1.29 is 9.90 Å². The molecule has 0 aromatic carbocycles. The number of fused-ring (bicyclic) bond motifs is 1. The fourth-order valence-corrected chi connectivity index (χ4v) is 2.79. The summed E-state index contributed by atoms with van der Waals surface area (Å²) >= 11 is 0. The molecule has 0 spiro atoms. The van der Waals surface area contributed by atoms with Crippen molar-refractivity contribution in [1.29, 1.82) is 0 Å². The molecule has 17 heavy (non-hydrogen) atoms. The molecule has 1 N–H and O–H groups in total. The SMILES string of the molecule is CC(=O)c1cc(C(C)C)n2c1C(O)CC(C)C2. The lowest BCUT2D eigenvalue weighted by molar-refractivity contribution is 0.0970. The highest BCUT2D eigenvalue weighted by atomic mass is 16.3. The Hall–Kier alpha value is -1.09. The van der Waals surface area contributed by atoms with Crippen LogP contribution in [0.25, 0.3) is 0 Å². The molecular weight excluding hydrogens is 214 g/mol. The zero-order chi connectivity index (χ0) is 12.7. The first-order valence-corrected chi connectivity index (χ1v) is 6.34. The maximum absolute atomic E-state index is 11.7. The number of carbonyl (C=O) groups excluding carboxylic acids is 1. The van der Waals surface area contributed by atoms with E-state index in [0.29, 0.717) is 17.4 Å². The zero-order valence-electron chi connectivity index (χ0n) is 11.0. The van der Waals surface area contributed by atoms with Gasteiger partial charge in [-0.15, -0.1) is 0 Å². The molecular formula is C14H21NO2. The summed E-state index contributed by atoms with van der Waals surface area (Å²) in [4.78, 5) is 11.7. The summed E-state index contributed by atoms with van der Waals surface area (Å²) < 4.78 is 2.15. The number of hydrogen-bond acceptors (Lipinski definition) is 2. The summed E-state index contributed by atoms with van der Waals surface area (Å²) in [5.74, 6) is 0.885. The van der Waals surface area contributed by atoms with E-state index in [-0.39, 0.29) is 5.78 Å². The normalized spacial score (nSPS) is 23.9. The predicted molar refractivity (Wildman–Crippen MR) is 67.3 cm³/mol. The molecule has 2 unspecified atom stereocenters. The molecule has 1 aliphatic heterocycles. The van der Waals surface area contributed by atoms with Crippen LogP contribution in [0.2, 0.25) is 0 Å². The largest absolute Gasteiger partial charge is 0.387 e. The van der Waals surface area contributed by atoms with Crippen LogP contribution in [-0.2, 0) is 6.54 Å². The molecule has 1 aromatic rings. The second-order valence-electron chi connectivity index (χ2n) is 5.55. The molecule has 0 aliphatic carbocycles. The number of Topliss-reactive ketones (excluding diaryl/α,β-unsaturated/α-hetero) is 1. The fraction of sp³-hybridized carbons (Fsp3) is 0.643. The Kier molecular flexibility index (Phi) is 3.13. The molecule has 0 amide bonds. The van der Waals surface area contributed by atoms with Gasteiger partial charge in [0.1, 0.15) is 0 Å². The van der Waals surface area contributed by atoms with Gasteiger partial charge in [0.25, 0.3) is 0 Å². The van der Waals surface area contributed by atoms with Gasteiger partial charge in [0.2, 0.25) is 0 Å². The van der Waals surface area contributed by atoms with Gasteiger partial charge in [0.05, 0.1) is 11.8 Å². The third kappa shape index (κ3) is 2.04. The minimum absolute atomic E-state index is 0.0502. The number of nitrogens with zero attached hydrogens (tertiary/aromatic N) is 1.